The van der Waals surface area contributed by atoms with Gasteiger partial charge in [0.2, 0.25) is 15.9 Å². The van der Waals surface area contributed by atoms with Crippen molar-refractivity contribution in [1.29, 1.82) is 0 Å². The van der Waals surface area contributed by atoms with Crippen molar-refractivity contribution in [2.75, 3.05) is 19.3 Å². The third-order valence-electron chi connectivity index (χ3n) is 3.41. The van der Waals surface area contributed by atoms with Crippen LogP contribution in [0.25, 0.3) is 0 Å². The molecule has 1 unspecified atom stereocenters. The van der Waals surface area contributed by atoms with Gasteiger partial charge in [0, 0.05) is 19.3 Å². The fourth-order valence-electron chi connectivity index (χ4n) is 2.48. The van der Waals surface area contributed by atoms with Crippen molar-refractivity contribution in [3.05, 3.63) is 29.8 Å². The summed E-state index contributed by atoms with van der Waals surface area (Å²) in [5.74, 6) is -0.385. The molecule has 1 saturated heterocycles. The Morgan fingerprint density at radius 1 is 1.50 bits per heavy atom. The number of nitrogens with one attached hydrogen (secondary N) is 1. The van der Waals surface area contributed by atoms with Crippen LogP contribution in [0, 0.1) is 0 Å². The van der Waals surface area contributed by atoms with E-state index >= 15 is 0 Å². The van der Waals surface area contributed by atoms with Gasteiger partial charge in [-0.15, -0.1) is 0 Å². The van der Waals surface area contributed by atoms with Gasteiger partial charge in [0.15, 0.2) is 0 Å². The fraction of sp³-hybridized carbons (Fsp3) is 0.462. The van der Waals surface area contributed by atoms with Gasteiger partial charge in [0.1, 0.15) is 6.04 Å². The van der Waals surface area contributed by atoms with Crippen molar-refractivity contribution in [3.8, 4) is 0 Å². The van der Waals surface area contributed by atoms with Crippen molar-refractivity contribution in [2.24, 2.45) is 0 Å². The number of nitrogens with zero attached hydrogens (tertiary/aromatic N) is 1. The van der Waals surface area contributed by atoms with E-state index in [-0.39, 0.29) is 11.7 Å². The first kappa shape index (κ1) is 14.8. The average molecular weight is 297 g/mol. The minimum atomic E-state index is -3.52. The first-order valence-electron chi connectivity index (χ1n) is 6.49. The number of nitrogens with two attached hydrogens (primary N) is 1. The van der Waals surface area contributed by atoms with Crippen molar-refractivity contribution in [2.45, 2.75) is 24.6 Å². The quantitative estimate of drug-likeness (QED) is 0.782. The predicted octanol–water partition coefficient (Wildman–Crippen LogP) is 0.309. The summed E-state index contributed by atoms with van der Waals surface area (Å²) in [6.45, 7) is 0.392. The van der Waals surface area contributed by atoms with Crippen molar-refractivity contribution in [3.63, 3.8) is 0 Å². The molecule has 0 aromatic heterocycles. The maximum absolute atomic E-state index is 12.4. The highest BCUT2D eigenvalue weighted by Gasteiger charge is 2.38. The topological polar surface area (TPSA) is 92.5 Å². The smallest absolute Gasteiger partial charge is 0.238 e. The lowest BCUT2D eigenvalue weighted by molar-refractivity contribution is -0.123. The molecule has 0 aliphatic carbocycles. The van der Waals surface area contributed by atoms with E-state index in [0.717, 1.165) is 0 Å². The number of nitrogen functional groups attached to an aromatic ring is 1. The predicted molar refractivity (Wildman–Crippen MR) is 77.3 cm³/mol. The van der Waals surface area contributed by atoms with Crippen LogP contribution in [0.3, 0.4) is 0 Å². The van der Waals surface area contributed by atoms with E-state index in [0.29, 0.717) is 30.6 Å². The summed E-state index contributed by atoms with van der Waals surface area (Å²) in [7, 11) is -2.00. The highest BCUT2D eigenvalue weighted by atomic mass is 32.2. The van der Waals surface area contributed by atoms with Crippen molar-refractivity contribution >= 4 is 21.6 Å². The number of anilines is 1. The van der Waals surface area contributed by atoms with Gasteiger partial charge in [-0.2, -0.15) is 4.31 Å². The molecule has 2 rings (SSSR count). The van der Waals surface area contributed by atoms with Crippen LogP contribution < -0.4 is 11.1 Å². The molecule has 7 heteroatoms. The minimum absolute atomic E-state index is 0.133. The third-order valence-corrected chi connectivity index (χ3v) is 5.26. The van der Waals surface area contributed by atoms with Gasteiger partial charge in [-0.05, 0) is 30.5 Å². The van der Waals surface area contributed by atoms with Gasteiger partial charge >= 0.3 is 0 Å². The first-order valence-corrected chi connectivity index (χ1v) is 8.10. The molecule has 0 saturated carbocycles. The molecular formula is C13H19N3O3S. The Kier molecular flexibility index (Phi) is 4.29. The lowest BCUT2D eigenvalue weighted by Gasteiger charge is -2.22. The van der Waals surface area contributed by atoms with Crippen LogP contribution in [0.4, 0.5) is 5.69 Å². The largest absolute Gasteiger partial charge is 0.399 e. The van der Waals surface area contributed by atoms with Crippen LogP contribution in [-0.4, -0.2) is 38.3 Å². The zero-order chi connectivity index (χ0) is 14.8. The van der Waals surface area contributed by atoms with E-state index in [4.69, 9.17) is 5.73 Å². The van der Waals surface area contributed by atoms with E-state index < -0.39 is 16.1 Å². The first-order chi connectivity index (χ1) is 9.44. The number of carbonyl (C=O) groups is 1. The Morgan fingerprint density at radius 3 is 2.90 bits per heavy atom. The number of hydrogen-bond acceptors (Lipinski definition) is 4. The summed E-state index contributed by atoms with van der Waals surface area (Å²) in [6, 6.07) is 6.20. The Hall–Kier alpha value is -1.60. The number of benzene rings is 1. The van der Waals surface area contributed by atoms with Crippen LogP contribution in [-0.2, 0) is 20.6 Å². The standard InChI is InChI=1S/C13H19N3O3S/c1-15-13(17)12-6-3-7-16(12)20(18,19)9-10-4-2-5-11(14)8-10/h2,4-5,8,12H,3,6-7,9,14H2,1H3,(H,15,17). The number of likely N-dealkylation sites (N-methyl/N-ethyl adjacent to an activating group) is 1. The van der Waals surface area contributed by atoms with Gasteiger partial charge in [0.05, 0.1) is 5.75 Å². The molecule has 6 nitrogen and oxygen atoms in total. The second-order valence-corrected chi connectivity index (χ2v) is 6.81. The zero-order valence-corrected chi connectivity index (χ0v) is 12.2. The van der Waals surface area contributed by atoms with Gasteiger partial charge in [0.25, 0.3) is 0 Å². The molecule has 1 aliphatic rings. The van der Waals surface area contributed by atoms with Crippen LogP contribution in [0.5, 0.6) is 0 Å². The molecule has 0 radical (unpaired) electrons. The zero-order valence-electron chi connectivity index (χ0n) is 11.4. The summed E-state index contributed by atoms with van der Waals surface area (Å²) in [5, 5.41) is 2.52. The fourth-order valence-corrected chi connectivity index (χ4v) is 4.24. The number of hydrogen-bond donors (Lipinski definition) is 2. The second-order valence-electron chi connectivity index (χ2n) is 4.88. The normalized spacial score (nSPS) is 19.9. The van der Waals surface area contributed by atoms with Crippen LogP contribution in [0.1, 0.15) is 18.4 Å². The number of carbonyl (C=O) groups excluding carboxylic acids is 1. The molecule has 1 atom stereocenters. The van der Waals surface area contributed by atoms with E-state index in [2.05, 4.69) is 5.32 Å². The van der Waals surface area contributed by atoms with E-state index in [9.17, 15) is 13.2 Å². The van der Waals surface area contributed by atoms with Gasteiger partial charge in [-0.1, -0.05) is 12.1 Å². The SMILES string of the molecule is CNC(=O)C1CCCN1S(=O)(=O)Cc1cccc(N)c1. The molecule has 1 aliphatic heterocycles. The Labute approximate surface area is 119 Å². The highest BCUT2D eigenvalue weighted by molar-refractivity contribution is 7.88. The van der Waals surface area contributed by atoms with E-state index in [1.54, 1.807) is 24.3 Å². The molecule has 1 heterocycles. The Bertz CT molecular complexity index is 601. The molecule has 0 spiro atoms. The van der Waals surface area contributed by atoms with E-state index in [1.807, 2.05) is 0 Å². The number of rotatable bonds is 4. The Balaban J connectivity index is 2.19. The molecule has 1 aromatic rings. The maximum Gasteiger partial charge on any atom is 0.238 e. The van der Waals surface area contributed by atoms with Gasteiger partial charge in [-0.25, -0.2) is 8.42 Å². The summed E-state index contributed by atoms with van der Waals surface area (Å²) in [4.78, 5) is 11.7. The molecule has 3 N–H and O–H groups in total. The lowest BCUT2D eigenvalue weighted by atomic mass is 10.2. The van der Waals surface area contributed by atoms with Crippen LogP contribution in [0.2, 0.25) is 0 Å². The van der Waals surface area contributed by atoms with Crippen LogP contribution in [0.15, 0.2) is 24.3 Å². The third kappa shape index (κ3) is 3.10. The highest BCUT2D eigenvalue weighted by Crippen LogP contribution is 2.24. The number of sulfonamides is 1. The minimum Gasteiger partial charge on any atom is -0.399 e. The maximum atomic E-state index is 12.4. The van der Waals surface area contributed by atoms with E-state index in [1.165, 1.54) is 11.4 Å². The van der Waals surface area contributed by atoms with Crippen molar-refractivity contribution in [1.82, 2.24) is 9.62 Å². The van der Waals surface area contributed by atoms with Crippen LogP contribution >= 0.6 is 0 Å². The van der Waals surface area contributed by atoms with Gasteiger partial charge in [-0.3, -0.25) is 4.79 Å². The van der Waals surface area contributed by atoms with Gasteiger partial charge < -0.3 is 11.1 Å². The summed E-state index contributed by atoms with van der Waals surface area (Å²) in [6.07, 6.45) is 1.27. The second kappa shape index (κ2) is 5.80. The van der Waals surface area contributed by atoms with Crippen molar-refractivity contribution < 1.29 is 13.2 Å². The average Bonchev–Trinajstić information content (AvgIpc) is 2.87. The summed E-state index contributed by atoms with van der Waals surface area (Å²) < 4.78 is 26.2. The molecule has 20 heavy (non-hydrogen) atoms. The molecule has 1 aromatic carbocycles. The molecule has 110 valence electrons. The Morgan fingerprint density at radius 2 is 2.25 bits per heavy atom. The molecular weight excluding hydrogens is 278 g/mol. The molecule has 1 fully saturated rings. The summed E-state index contributed by atoms with van der Waals surface area (Å²) >= 11 is 0. The lowest BCUT2D eigenvalue weighted by Crippen LogP contribution is -2.45. The summed E-state index contributed by atoms with van der Waals surface area (Å²) in [5.41, 5.74) is 6.82. The number of amides is 1. The molecule has 0 bridgehead atoms. The molecule has 1 amide bonds. The monoisotopic (exact) mass is 297 g/mol.